The smallest absolute Gasteiger partial charge is 0.331 e. The van der Waals surface area contributed by atoms with E-state index in [9.17, 15) is 14.4 Å². The number of rotatable bonds is 8. The minimum atomic E-state index is -0.262. The van der Waals surface area contributed by atoms with Crippen LogP contribution in [-0.4, -0.2) is 21.6 Å². The molecule has 1 N–H and O–H groups in total. The lowest BCUT2D eigenvalue weighted by atomic mass is 9.81. The average molecular weight is 466 g/mol. The van der Waals surface area contributed by atoms with E-state index in [2.05, 4.69) is 11.9 Å². The number of benzene rings is 1. The zero-order chi connectivity index (χ0) is 23.4. The molecule has 2 heterocycles. The first-order valence-electron chi connectivity index (χ1n) is 11.7. The van der Waals surface area contributed by atoms with Gasteiger partial charge in [0.2, 0.25) is 5.91 Å². The molecule has 4 rings (SSSR count). The Labute approximate surface area is 197 Å². The fraction of sp³-hybridized carbons (Fsp3) is 0.423. The molecule has 1 saturated carbocycles. The van der Waals surface area contributed by atoms with Crippen molar-refractivity contribution in [3.05, 3.63) is 74.3 Å². The Morgan fingerprint density at radius 2 is 1.85 bits per heavy atom. The van der Waals surface area contributed by atoms with E-state index >= 15 is 0 Å². The molecule has 1 fully saturated rings. The van der Waals surface area contributed by atoms with Crippen molar-refractivity contribution in [3.8, 4) is 0 Å². The number of hydrogen-bond acceptors (Lipinski definition) is 4. The summed E-state index contributed by atoms with van der Waals surface area (Å²) in [5, 5.41) is 4.86. The number of carbonyl (C=O) groups is 1. The fourth-order valence-corrected chi connectivity index (χ4v) is 5.49. The average Bonchev–Trinajstić information content (AvgIpc) is 3.34. The number of amides is 1. The van der Waals surface area contributed by atoms with E-state index in [1.165, 1.54) is 15.9 Å². The van der Waals surface area contributed by atoms with Gasteiger partial charge in [0.1, 0.15) is 4.70 Å². The molecule has 1 aliphatic rings. The number of hydrogen-bond donors (Lipinski definition) is 1. The van der Waals surface area contributed by atoms with Gasteiger partial charge in [-0.1, -0.05) is 43.8 Å². The summed E-state index contributed by atoms with van der Waals surface area (Å²) in [6, 6.07) is 9.78. The van der Waals surface area contributed by atoms with E-state index in [0.717, 1.165) is 43.2 Å². The van der Waals surface area contributed by atoms with E-state index in [1.807, 2.05) is 42.6 Å². The Bertz CT molecular complexity index is 1240. The van der Waals surface area contributed by atoms with Crippen LogP contribution in [-0.2, 0) is 17.9 Å². The number of carbonyl (C=O) groups excluding carboxylic acids is 1. The predicted octanol–water partition coefficient (Wildman–Crippen LogP) is 4.25. The van der Waals surface area contributed by atoms with Crippen molar-refractivity contribution in [1.29, 1.82) is 0 Å². The van der Waals surface area contributed by atoms with Gasteiger partial charge < -0.3 is 5.32 Å². The van der Waals surface area contributed by atoms with Crippen LogP contribution in [0, 0.1) is 11.8 Å². The molecule has 7 heteroatoms. The third kappa shape index (κ3) is 5.03. The molecule has 33 heavy (non-hydrogen) atoms. The van der Waals surface area contributed by atoms with Crippen LogP contribution in [0.2, 0.25) is 0 Å². The lowest BCUT2D eigenvalue weighted by Crippen LogP contribution is -2.42. The zero-order valence-corrected chi connectivity index (χ0v) is 19.9. The number of fused-ring (bicyclic) bond motifs is 1. The Morgan fingerprint density at radius 1 is 1.12 bits per heavy atom. The molecule has 1 aromatic carbocycles. The molecule has 0 saturated heterocycles. The van der Waals surface area contributed by atoms with E-state index in [4.69, 9.17) is 0 Å². The molecule has 1 amide bonds. The second-order valence-electron chi connectivity index (χ2n) is 8.87. The predicted molar refractivity (Wildman–Crippen MR) is 135 cm³/mol. The van der Waals surface area contributed by atoms with Crippen molar-refractivity contribution in [2.24, 2.45) is 11.8 Å². The van der Waals surface area contributed by atoms with Crippen molar-refractivity contribution < 1.29 is 4.79 Å². The van der Waals surface area contributed by atoms with Gasteiger partial charge in [0.15, 0.2) is 0 Å². The molecule has 0 aliphatic heterocycles. The van der Waals surface area contributed by atoms with Crippen LogP contribution in [0.15, 0.2) is 51.9 Å². The standard InChI is InChI=1S/C26H31N3O3S/c1-3-14-27-24(30)21-11-9-20(10-12-21)17-29-25(31)23-22(13-15-33-23)28(26(29)32)16-19-7-5-18(4-2)6-8-19/h4-8,13,15,20-21H,2-3,9-12,14,16-17H2,1H3,(H,27,30). The molecule has 0 radical (unpaired) electrons. The van der Waals surface area contributed by atoms with Gasteiger partial charge in [0.05, 0.1) is 12.1 Å². The maximum absolute atomic E-state index is 13.4. The first kappa shape index (κ1) is 23.2. The quantitative estimate of drug-likeness (QED) is 0.541. The number of nitrogens with one attached hydrogen (secondary N) is 1. The van der Waals surface area contributed by atoms with Gasteiger partial charge in [-0.15, -0.1) is 11.3 Å². The maximum atomic E-state index is 13.4. The van der Waals surface area contributed by atoms with Crippen LogP contribution < -0.4 is 16.6 Å². The molecule has 6 nitrogen and oxygen atoms in total. The Morgan fingerprint density at radius 3 is 2.52 bits per heavy atom. The second kappa shape index (κ2) is 10.3. The van der Waals surface area contributed by atoms with Crippen molar-refractivity contribution in [3.63, 3.8) is 0 Å². The van der Waals surface area contributed by atoms with Gasteiger partial charge in [-0.25, -0.2) is 4.79 Å². The number of thiophene rings is 1. The van der Waals surface area contributed by atoms with Gasteiger partial charge in [-0.05, 0) is 60.6 Å². The summed E-state index contributed by atoms with van der Waals surface area (Å²) in [5.74, 6) is 0.403. The van der Waals surface area contributed by atoms with E-state index in [1.54, 1.807) is 10.6 Å². The summed E-state index contributed by atoms with van der Waals surface area (Å²) in [6.45, 7) is 7.36. The third-order valence-corrected chi connectivity index (χ3v) is 7.49. The highest BCUT2D eigenvalue weighted by Gasteiger charge is 2.27. The van der Waals surface area contributed by atoms with E-state index < -0.39 is 0 Å². The Balaban J connectivity index is 1.56. The van der Waals surface area contributed by atoms with Crippen LogP contribution in [0.5, 0.6) is 0 Å². The molecule has 0 bridgehead atoms. The van der Waals surface area contributed by atoms with Crippen LogP contribution in [0.4, 0.5) is 0 Å². The van der Waals surface area contributed by atoms with Gasteiger partial charge in [-0.2, -0.15) is 0 Å². The van der Waals surface area contributed by atoms with Gasteiger partial charge in [0, 0.05) is 19.0 Å². The molecule has 0 spiro atoms. The molecule has 1 aliphatic carbocycles. The molecule has 0 atom stereocenters. The maximum Gasteiger partial charge on any atom is 0.331 e. The normalized spacial score (nSPS) is 18.3. The first-order chi connectivity index (χ1) is 16.0. The Kier molecular flexibility index (Phi) is 7.28. The number of nitrogens with zero attached hydrogens (tertiary/aromatic N) is 2. The third-order valence-electron chi connectivity index (χ3n) is 6.60. The van der Waals surface area contributed by atoms with Gasteiger partial charge >= 0.3 is 5.69 Å². The van der Waals surface area contributed by atoms with Crippen LogP contribution in [0.25, 0.3) is 16.3 Å². The molecule has 174 valence electrons. The van der Waals surface area contributed by atoms with Gasteiger partial charge in [0.25, 0.3) is 5.56 Å². The first-order valence-corrected chi connectivity index (χ1v) is 12.6. The topological polar surface area (TPSA) is 73.1 Å². The minimum absolute atomic E-state index is 0.0412. The Hall–Kier alpha value is -2.93. The summed E-state index contributed by atoms with van der Waals surface area (Å²) in [7, 11) is 0. The molecule has 0 unspecified atom stereocenters. The second-order valence-corrected chi connectivity index (χ2v) is 9.79. The van der Waals surface area contributed by atoms with E-state index in [-0.39, 0.29) is 29.0 Å². The fourth-order valence-electron chi connectivity index (χ4n) is 4.65. The molecule has 3 aromatic rings. The monoisotopic (exact) mass is 465 g/mol. The summed E-state index contributed by atoms with van der Waals surface area (Å²) in [5.41, 5.74) is 2.25. The summed E-state index contributed by atoms with van der Waals surface area (Å²) in [4.78, 5) is 38.9. The highest BCUT2D eigenvalue weighted by atomic mass is 32.1. The van der Waals surface area contributed by atoms with Crippen LogP contribution in [0.1, 0.15) is 50.2 Å². The zero-order valence-electron chi connectivity index (χ0n) is 19.1. The summed E-state index contributed by atoms with van der Waals surface area (Å²) in [6.07, 6.45) is 6.03. The largest absolute Gasteiger partial charge is 0.356 e. The number of aromatic nitrogens is 2. The summed E-state index contributed by atoms with van der Waals surface area (Å²) < 4.78 is 3.74. The lowest BCUT2D eigenvalue weighted by molar-refractivity contribution is -0.126. The molecular weight excluding hydrogens is 434 g/mol. The molecule has 2 aromatic heterocycles. The van der Waals surface area contributed by atoms with Crippen LogP contribution in [0.3, 0.4) is 0 Å². The van der Waals surface area contributed by atoms with Crippen LogP contribution >= 0.6 is 11.3 Å². The molecular formula is C26H31N3O3S. The van der Waals surface area contributed by atoms with Crippen molar-refractivity contribution in [2.75, 3.05) is 6.54 Å². The lowest BCUT2D eigenvalue weighted by Gasteiger charge is -2.28. The summed E-state index contributed by atoms with van der Waals surface area (Å²) >= 11 is 1.38. The van der Waals surface area contributed by atoms with Crippen molar-refractivity contribution >= 4 is 33.5 Å². The minimum Gasteiger partial charge on any atom is -0.356 e. The van der Waals surface area contributed by atoms with Crippen molar-refractivity contribution in [1.82, 2.24) is 14.5 Å². The van der Waals surface area contributed by atoms with Crippen molar-refractivity contribution in [2.45, 2.75) is 52.1 Å². The SMILES string of the molecule is C=Cc1ccc(Cn2c(=O)n(CC3CCC(C(=O)NCCC)CC3)c(=O)c3sccc32)cc1. The van der Waals surface area contributed by atoms with Gasteiger partial charge in [-0.3, -0.25) is 18.7 Å². The highest BCUT2D eigenvalue weighted by molar-refractivity contribution is 7.17. The highest BCUT2D eigenvalue weighted by Crippen LogP contribution is 2.30. The van der Waals surface area contributed by atoms with E-state index in [0.29, 0.717) is 29.9 Å².